The summed E-state index contributed by atoms with van der Waals surface area (Å²) in [7, 11) is -1.74. The van der Waals surface area contributed by atoms with Gasteiger partial charge in [-0.3, -0.25) is 15.0 Å². The van der Waals surface area contributed by atoms with Crippen LogP contribution in [-0.2, 0) is 26.2 Å². The number of sulfonamides is 1. The zero-order valence-electron chi connectivity index (χ0n) is 14.3. The second-order valence-electron chi connectivity index (χ2n) is 5.20. The molecule has 144 valence electrons. The highest BCUT2D eigenvalue weighted by Gasteiger charge is 2.25. The van der Waals surface area contributed by atoms with Crippen LogP contribution in [0, 0.1) is 10.1 Å². The number of ether oxygens (including phenoxy) is 1. The molecule has 2 aromatic rings. The lowest BCUT2D eigenvalue weighted by Gasteiger charge is -2.15. The van der Waals surface area contributed by atoms with E-state index in [0.717, 1.165) is 13.2 Å². The first kappa shape index (κ1) is 20.8. The average molecular weight is 415 g/mol. The lowest BCUT2D eigenvalue weighted by molar-refractivity contribution is -0.385. The van der Waals surface area contributed by atoms with Crippen molar-refractivity contribution in [2.75, 3.05) is 14.2 Å². The van der Waals surface area contributed by atoms with E-state index in [1.54, 1.807) is 6.07 Å². The van der Waals surface area contributed by atoms with Crippen LogP contribution < -0.4 is 0 Å². The maximum absolute atomic E-state index is 12.3. The number of carbonyl (C=O) groups excluding carboxylic acids is 1. The van der Waals surface area contributed by atoms with Gasteiger partial charge in [0.05, 0.1) is 28.2 Å². The average Bonchev–Trinajstić information content (AvgIpc) is 2.65. The van der Waals surface area contributed by atoms with Crippen LogP contribution in [0.2, 0.25) is 5.02 Å². The number of rotatable bonds is 7. The third-order valence-corrected chi connectivity index (χ3v) is 5.75. The Morgan fingerprint density at radius 2 is 1.93 bits per heavy atom. The van der Waals surface area contributed by atoms with Crippen LogP contribution in [0.1, 0.15) is 15.9 Å². The van der Waals surface area contributed by atoms with Gasteiger partial charge in [-0.05, 0) is 24.3 Å². The Balaban J connectivity index is 2.26. The van der Waals surface area contributed by atoms with Crippen LogP contribution in [-0.4, -0.2) is 37.9 Å². The van der Waals surface area contributed by atoms with Crippen molar-refractivity contribution in [1.82, 2.24) is 4.47 Å². The maximum Gasteiger partial charge on any atom is 0.338 e. The van der Waals surface area contributed by atoms with Gasteiger partial charge >= 0.3 is 5.97 Å². The molecule has 0 aliphatic carbocycles. The summed E-state index contributed by atoms with van der Waals surface area (Å²) in [4.78, 5) is 27.0. The summed E-state index contributed by atoms with van der Waals surface area (Å²) in [5.74, 6) is -0.860. The molecule has 0 aliphatic rings. The van der Waals surface area contributed by atoms with Crippen molar-refractivity contribution in [2.45, 2.75) is 11.5 Å². The molecule has 0 amide bonds. The summed E-state index contributed by atoms with van der Waals surface area (Å²) < 4.78 is 30.4. The molecule has 0 N–H and O–H groups in total. The van der Waals surface area contributed by atoms with Crippen molar-refractivity contribution in [2.24, 2.45) is 0 Å². The fraction of sp³-hybridized carbons (Fsp3) is 0.188. The van der Waals surface area contributed by atoms with E-state index in [2.05, 4.69) is 4.84 Å². The minimum absolute atomic E-state index is 0.0823. The largest absolute Gasteiger partial charge is 0.457 e. The number of esters is 1. The van der Waals surface area contributed by atoms with Gasteiger partial charge in [-0.25, -0.2) is 13.2 Å². The molecule has 0 fully saturated rings. The molecule has 2 aromatic carbocycles. The molecule has 0 spiro atoms. The quantitative estimate of drug-likeness (QED) is 0.388. The highest BCUT2D eigenvalue weighted by molar-refractivity contribution is 7.89. The minimum atomic E-state index is -4.08. The summed E-state index contributed by atoms with van der Waals surface area (Å²) in [6.45, 7) is -0.349. The molecular weight excluding hydrogens is 400 g/mol. The van der Waals surface area contributed by atoms with Crippen LogP contribution in [0.25, 0.3) is 0 Å². The number of nitrogens with zero attached hydrogens (tertiary/aromatic N) is 2. The summed E-state index contributed by atoms with van der Waals surface area (Å²) in [6.07, 6.45) is 0. The first-order chi connectivity index (χ1) is 12.7. The van der Waals surface area contributed by atoms with E-state index in [9.17, 15) is 23.3 Å². The van der Waals surface area contributed by atoms with E-state index in [4.69, 9.17) is 16.3 Å². The molecule has 0 aliphatic heterocycles. The first-order valence-corrected chi connectivity index (χ1v) is 9.22. The number of halogens is 1. The highest BCUT2D eigenvalue weighted by Crippen LogP contribution is 2.26. The zero-order valence-corrected chi connectivity index (χ0v) is 15.9. The van der Waals surface area contributed by atoms with Crippen LogP contribution in [0.4, 0.5) is 5.69 Å². The zero-order chi connectivity index (χ0) is 20.2. The van der Waals surface area contributed by atoms with Gasteiger partial charge in [-0.2, -0.15) is 0 Å². The molecule has 0 heterocycles. The van der Waals surface area contributed by atoms with Gasteiger partial charge < -0.3 is 4.74 Å². The molecule has 0 atom stereocenters. The van der Waals surface area contributed by atoms with Crippen LogP contribution in [0.3, 0.4) is 0 Å². The number of nitro groups is 1. The molecular formula is C16H15ClN2O7S. The molecule has 11 heteroatoms. The molecule has 0 bridgehead atoms. The van der Waals surface area contributed by atoms with Gasteiger partial charge in [0.2, 0.25) is 0 Å². The monoisotopic (exact) mass is 414 g/mol. The van der Waals surface area contributed by atoms with Gasteiger partial charge in [-0.1, -0.05) is 28.2 Å². The van der Waals surface area contributed by atoms with E-state index < -0.39 is 20.9 Å². The maximum atomic E-state index is 12.3. The Hall–Kier alpha value is -2.53. The second-order valence-corrected chi connectivity index (χ2v) is 7.52. The molecule has 0 aromatic heterocycles. The van der Waals surface area contributed by atoms with Crippen molar-refractivity contribution >= 4 is 33.3 Å². The van der Waals surface area contributed by atoms with Crippen molar-refractivity contribution in [3.63, 3.8) is 0 Å². The topological polar surface area (TPSA) is 116 Å². The number of carbonyl (C=O) groups is 1. The van der Waals surface area contributed by atoms with Gasteiger partial charge in [0.25, 0.3) is 15.7 Å². The van der Waals surface area contributed by atoms with E-state index >= 15 is 0 Å². The molecule has 0 radical (unpaired) electrons. The number of hydroxylamine groups is 1. The Morgan fingerprint density at radius 3 is 2.56 bits per heavy atom. The smallest absolute Gasteiger partial charge is 0.338 e. The van der Waals surface area contributed by atoms with E-state index in [-0.39, 0.29) is 33.3 Å². The molecule has 0 saturated heterocycles. The van der Waals surface area contributed by atoms with Crippen molar-refractivity contribution in [1.29, 1.82) is 0 Å². The van der Waals surface area contributed by atoms with E-state index in [0.29, 0.717) is 4.47 Å². The van der Waals surface area contributed by atoms with Crippen LogP contribution in [0.5, 0.6) is 0 Å². The fourth-order valence-corrected chi connectivity index (χ4v) is 3.58. The molecule has 9 nitrogen and oxygen atoms in total. The SMILES string of the molecule is CON(C)S(=O)(=O)c1cc(C(=O)OCc2ccccc2[N+](=O)[O-])ccc1Cl. The number of nitro benzene ring substituents is 1. The van der Waals surface area contributed by atoms with E-state index in [1.165, 1.54) is 37.4 Å². The number of para-hydroxylation sites is 1. The van der Waals surface area contributed by atoms with Crippen LogP contribution >= 0.6 is 11.6 Å². The molecule has 0 unspecified atom stereocenters. The number of benzene rings is 2. The lowest BCUT2D eigenvalue weighted by Crippen LogP contribution is -2.26. The predicted molar refractivity (Wildman–Crippen MR) is 95.6 cm³/mol. The lowest BCUT2D eigenvalue weighted by atomic mass is 10.2. The van der Waals surface area contributed by atoms with Crippen molar-refractivity contribution < 1.29 is 27.7 Å². The van der Waals surface area contributed by atoms with Gasteiger partial charge in [-0.15, -0.1) is 0 Å². The normalized spacial score (nSPS) is 11.4. The van der Waals surface area contributed by atoms with Crippen LogP contribution in [0.15, 0.2) is 47.4 Å². The highest BCUT2D eigenvalue weighted by atomic mass is 35.5. The van der Waals surface area contributed by atoms with Crippen molar-refractivity contribution in [3.05, 3.63) is 68.7 Å². The number of hydrogen-bond acceptors (Lipinski definition) is 7. The van der Waals surface area contributed by atoms with Gasteiger partial charge in [0, 0.05) is 13.1 Å². The van der Waals surface area contributed by atoms with Gasteiger partial charge in [0.15, 0.2) is 0 Å². The van der Waals surface area contributed by atoms with Crippen molar-refractivity contribution in [3.8, 4) is 0 Å². The Labute approximate surface area is 160 Å². The Morgan fingerprint density at radius 1 is 1.26 bits per heavy atom. The number of hydrogen-bond donors (Lipinski definition) is 0. The summed E-state index contributed by atoms with van der Waals surface area (Å²) in [5, 5.41) is 10.9. The fourth-order valence-electron chi connectivity index (χ4n) is 2.10. The molecule has 2 rings (SSSR count). The Kier molecular flexibility index (Phi) is 6.50. The predicted octanol–water partition coefficient (Wildman–Crippen LogP) is 2.79. The van der Waals surface area contributed by atoms with Gasteiger partial charge in [0.1, 0.15) is 11.5 Å². The first-order valence-electron chi connectivity index (χ1n) is 7.40. The summed E-state index contributed by atoms with van der Waals surface area (Å²) in [6, 6.07) is 9.38. The third-order valence-electron chi connectivity index (χ3n) is 3.59. The molecule has 27 heavy (non-hydrogen) atoms. The molecule has 0 saturated carbocycles. The third kappa shape index (κ3) is 4.61. The summed E-state index contributed by atoms with van der Waals surface area (Å²) in [5.41, 5.74) is -0.0655. The Bertz CT molecular complexity index is 978. The van der Waals surface area contributed by atoms with E-state index in [1.807, 2.05) is 0 Å². The minimum Gasteiger partial charge on any atom is -0.457 e. The standard InChI is InChI=1S/C16H15ClN2O7S/c1-18(25-2)27(23,24)15-9-11(7-8-13(15)17)16(20)26-10-12-5-3-4-6-14(12)19(21)22/h3-9H,10H2,1-2H3. The summed E-state index contributed by atoms with van der Waals surface area (Å²) >= 11 is 5.93. The second kappa shape index (κ2) is 8.44.